The largest absolute Gasteiger partial charge is 0.497 e. The van der Waals surface area contributed by atoms with Crippen LogP contribution in [0, 0.1) is 17.3 Å². The lowest BCUT2D eigenvalue weighted by molar-refractivity contribution is -0.0936. The first-order chi connectivity index (χ1) is 14.3. The maximum Gasteiger partial charge on any atom is 0.410 e. The van der Waals surface area contributed by atoms with Gasteiger partial charge in [0.15, 0.2) is 0 Å². The van der Waals surface area contributed by atoms with Crippen molar-refractivity contribution in [1.29, 1.82) is 0 Å². The van der Waals surface area contributed by atoms with Gasteiger partial charge in [-0.05, 0) is 94.5 Å². The second-order valence-electron chi connectivity index (χ2n) is 11.3. The fourth-order valence-corrected chi connectivity index (χ4v) is 8.51. The molecule has 6 atom stereocenters. The van der Waals surface area contributed by atoms with Crippen molar-refractivity contribution in [3.05, 3.63) is 29.3 Å². The summed E-state index contributed by atoms with van der Waals surface area (Å²) in [5.41, 5.74) is 2.82. The molecule has 2 aliphatic heterocycles. The molecule has 1 amide bonds. The molecule has 170 valence electrons. The highest BCUT2D eigenvalue weighted by Gasteiger charge is 2.75. The molecule has 2 saturated carbocycles. The van der Waals surface area contributed by atoms with E-state index in [2.05, 4.69) is 28.4 Å². The van der Waals surface area contributed by atoms with Gasteiger partial charge in [0, 0.05) is 29.5 Å². The number of ether oxygens (including phenoxy) is 2. The van der Waals surface area contributed by atoms with Gasteiger partial charge < -0.3 is 19.7 Å². The minimum Gasteiger partial charge on any atom is -0.497 e. The van der Waals surface area contributed by atoms with Crippen molar-refractivity contribution in [3.63, 3.8) is 0 Å². The lowest BCUT2D eigenvalue weighted by Gasteiger charge is -2.65. The molecule has 5 heteroatoms. The topological polar surface area (TPSA) is 50.8 Å². The van der Waals surface area contributed by atoms with Gasteiger partial charge in [0.2, 0.25) is 0 Å². The molecule has 4 bridgehead atoms. The van der Waals surface area contributed by atoms with Crippen molar-refractivity contribution in [2.45, 2.75) is 83.4 Å². The van der Waals surface area contributed by atoms with E-state index in [9.17, 15) is 4.79 Å². The lowest BCUT2D eigenvalue weighted by Crippen LogP contribution is -2.70. The van der Waals surface area contributed by atoms with E-state index in [4.69, 9.17) is 9.47 Å². The SMILES string of the molecule is C.COc1ccc2c(c1)C13CCN(C(=O)OC(C)(C)C)C(C2)C12CCC1NC[C@@H](C2)C13. The van der Waals surface area contributed by atoms with E-state index >= 15 is 0 Å². The van der Waals surface area contributed by atoms with Gasteiger partial charge >= 0.3 is 6.09 Å². The molecule has 1 aromatic rings. The minimum atomic E-state index is -0.461. The molecule has 31 heavy (non-hydrogen) atoms. The van der Waals surface area contributed by atoms with Crippen LogP contribution in [-0.4, -0.2) is 48.9 Å². The second-order valence-corrected chi connectivity index (χ2v) is 11.3. The van der Waals surface area contributed by atoms with Crippen LogP contribution in [0.1, 0.15) is 65.0 Å². The zero-order chi connectivity index (χ0) is 20.9. The van der Waals surface area contributed by atoms with Crippen LogP contribution in [0.25, 0.3) is 0 Å². The number of piperidine rings is 1. The Morgan fingerprint density at radius 2 is 2.06 bits per heavy atom. The smallest absolute Gasteiger partial charge is 0.410 e. The molecule has 1 N–H and O–H groups in total. The molecule has 4 fully saturated rings. The molecule has 0 aromatic heterocycles. The summed E-state index contributed by atoms with van der Waals surface area (Å²) in [5.74, 6) is 2.37. The second kappa shape index (κ2) is 6.63. The Bertz CT molecular complexity index is 908. The standard InChI is InChI=1S/C25H34N2O3.CH4/c1-23(2,3)30-22(28)27-10-9-25-18-12-17(29-4)6-5-15(18)11-20(27)24(25)8-7-19-21(25)16(13-24)14-26-19;/h5-6,12,16,19-21,26H,7-11,13-14H2,1-4H3;1H4/t16-,19?,20?,21?,24?,25?;/m1./s1. The average Bonchev–Trinajstić information content (AvgIpc) is 3.16. The van der Waals surface area contributed by atoms with E-state index < -0.39 is 5.60 Å². The number of likely N-dealkylation sites (tertiary alicyclic amines) is 1. The third-order valence-electron chi connectivity index (χ3n) is 9.17. The number of benzene rings is 1. The highest BCUT2D eigenvalue weighted by Crippen LogP contribution is 2.74. The summed E-state index contributed by atoms with van der Waals surface area (Å²) in [6.45, 7) is 7.84. The third-order valence-corrected chi connectivity index (χ3v) is 9.17. The number of amides is 1. The Kier molecular flexibility index (Phi) is 4.52. The van der Waals surface area contributed by atoms with Crippen LogP contribution < -0.4 is 10.1 Å². The zero-order valence-corrected chi connectivity index (χ0v) is 18.7. The Balaban J connectivity index is 0.00000204. The number of carbonyl (C=O) groups excluding carboxylic acids is 1. The van der Waals surface area contributed by atoms with Crippen molar-refractivity contribution in [1.82, 2.24) is 10.2 Å². The van der Waals surface area contributed by atoms with E-state index in [1.165, 1.54) is 30.4 Å². The molecule has 5 aliphatic rings. The van der Waals surface area contributed by atoms with E-state index in [0.717, 1.165) is 37.6 Å². The Labute approximate surface area is 186 Å². The van der Waals surface area contributed by atoms with Crippen LogP contribution in [0.4, 0.5) is 4.79 Å². The first-order valence-corrected chi connectivity index (χ1v) is 11.7. The zero-order valence-electron chi connectivity index (χ0n) is 18.7. The van der Waals surface area contributed by atoms with Crippen molar-refractivity contribution in [2.24, 2.45) is 17.3 Å². The van der Waals surface area contributed by atoms with Crippen LogP contribution >= 0.6 is 0 Å². The number of hydrogen-bond acceptors (Lipinski definition) is 4. The Morgan fingerprint density at radius 1 is 1.26 bits per heavy atom. The summed E-state index contributed by atoms with van der Waals surface area (Å²) in [6.07, 6.45) is 5.55. The molecule has 1 aromatic carbocycles. The monoisotopic (exact) mass is 426 g/mol. The number of fused-ring (bicyclic) bond motifs is 1. The van der Waals surface area contributed by atoms with Gasteiger partial charge in [-0.15, -0.1) is 0 Å². The summed E-state index contributed by atoms with van der Waals surface area (Å²) in [5, 5.41) is 3.86. The summed E-state index contributed by atoms with van der Waals surface area (Å²) in [6, 6.07) is 7.56. The lowest BCUT2D eigenvalue weighted by atomic mass is 9.44. The van der Waals surface area contributed by atoms with Gasteiger partial charge in [0.25, 0.3) is 0 Å². The first-order valence-electron chi connectivity index (χ1n) is 11.7. The summed E-state index contributed by atoms with van der Waals surface area (Å²) >= 11 is 0. The number of carbonyl (C=O) groups is 1. The summed E-state index contributed by atoms with van der Waals surface area (Å²) < 4.78 is 11.6. The van der Waals surface area contributed by atoms with Gasteiger partial charge in [-0.2, -0.15) is 0 Å². The molecule has 2 heterocycles. The van der Waals surface area contributed by atoms with Crippen molar-refractivity contribution < 1.29 is 14.3 Å². The van der Waals surface area contributed by atoms with Crippen LogP contribution in [0.5, 0.6) is 5.75 Å². The Hall–Kier alpha value is -1.75. The third kappa shape index (κ3) is 2.56. The summed E-state index contributed by atoms with van der Waals surface area (Å²) in [7, 11) is 1.77. The predicted octanol–water partition coefficient (Wildman–Crippen LogP) is 4.52. The predicted molar refractivity (Wildman–Crippen MR) is 122 cm³/mol. The normalized spacial score (nSPS) is 39.3. The van der Waals surface area contributed by atoms with Crippen LogP contribution in [0.15, 0.2) is 18.2 Å². The molecule has 2 saturated heterocycles. The molecular weight excluding hydrogens is 388 g/mol. The average molecular weight is 427 g/mol. The molecule has 0 radical (unpaired) electrons. The van der Waals surface area contributed by atoms with E-state index in [-0.39, 0.29) is 30.4 Å². The van der Waals surface area contributed by atoms with Gasteiger partial charge in [-0.1, -0.05) is 13.5 Å². The number of methoxy groups -OCH3 is 1. The highest BCUT2D eigenvalue weighted by molar-refractivity contribution is 5.70. The van der Waals surface area contributed by atoms with E-state index in [1.54, 1.807) is 7.11 Å². The van der Waals surface area contributed by atoms with Gasteiger partial charge in [0.1, 0.15) is 11.4 Å². The number of rotatable bonds is 1. The fraction of sp³-hybridized carbons (Fsp3) is 0.731. The molecule has 0 spiro atoms. The van der Waals surface area contributed by atoms with Crippen LogP contribution in [0.2, 0.25) is 0 Å². The van der Waals surface area contributed by atoms with Crippen molar-refractivity contribution in [2.75, 3.05) is 20.2 Å². The van der Waals surface area contributed by atoms with Gasteiger partial charge in [-0.25, -0.2) is 4.79 Å². The maximum absolute atomic E-state index is 13.3. The Morgan fingerprint density at radius 3 is 2.81 bits per heavy atom. The van der Waals surface area contributed by atoms with Gasteiger partial charge in [-0.3, -0.25) is 0 Å². The van der Waals surface area contributed by atoms with E-state index in [1.807, 2.05) is 20.8 Å². The summed E-state index contributed by atoms with van der Waals surface area (Å²) in [4.78, 5) is 15.4. The van der Waals surface area contributed by atoms with E-state index in [0.29, 0.717) is 12.0 Å². The number of nitrogens with one attached hydrogen (secondary N) is 1. The fourth-order valence-electron chi connectivity index (χ4n) is 8.51. The molecular formula is C26H38N2O3. The van der Waals surface area contributed by atoms with Crippen LogP contribution in [-0.2, 0) is 16.6 Å². The van der Waals surface area contributed by atoms with Crippen molar-refractivity contribution >= 4 is 6.09 Å². The van der Waals surface area contributed by atoms with Gasteiger partial charge in [0.05, 0.1) is 7.11 Å². The molecule has 3 aliphatic carbocycles. The number of hydrogen-bond donors (Lipinski definition) is 1. The molecule has 5 nitrogen and oxygen atoms in total. The highest BCUT2D eigenvalue weighted by atomic mass is 16.6. The molecule has 6 rings (SSSR count). The first kappa shape index (κ1) is 21.1. The van der Waals surface area contributed by atoms with Crippen LogP contribution in [0.3, 0.4) is 0 Å². The maximum atomic E-state index is 13.3. The molecule has 5 unspecified atom stereocenters. The van der Waals surface area contributed by atoms with Crippen molar-refractivity contribution in [3.8, 4) is 5.75 Å². The minimum absolute atomic E-state index is 0. The number of nitrogens with zero attached hydrogens (tertiary/aromatic N) is 1. The quantitative estimate of drug-likeness (QED) is 0.717.